The topological polar surface area (TPSA) is 12.0 Å². The van der Waals surface area contributed by atoms with Crippen molar-refractivity contribution in [3.63, 3.8) is 0 Å². The van der Waals surface area contributed by atoms with Crippen LogP contribution in [0.15, 0.2) is 29.2 Å². The fraction of sp³-hybridized carbons (Fsp3) is 0.684. The molecule has 1 aromatic rings. The second-order valence-electron chi connectivity index (χ2n) is 7.43. The monoisotopic (exact) mass is 305 g/mol. The van der Waals surface area contributed by atoms with Gasteiger partial charge in [-0.2, -0.15) is 0 Å². The Morgan fingerprint density at radius 3 is 2.48 bits per heavy atom. The predicted octanol–water partition coefficient (Wildman–Crippen LogP) is 5.64. The van der Waals surface area contributed by atoms with Crippen molar-refractivity contribution < 1.29 is 0 Å². The molecule has 0 aliphatic heterocycles. The van der Waals surface area contributed by atoms with Crippen molar-refractivity contribution in [3.05, 3.63) is 29.8 Å². The Morgan fingerprint density at radius 1 is 1.14 bits per heavy atom. The van der Waals surface area contributed by atoms with Crippen molar-refractivity contribution in [2.45, 2.75) is 82.0 Å². The minimum Gasteiger partial charge on any atom is -0.308 e. The fourth-order valence-electron chi connectivity index (χ4n) is 2.97. The molecule has 2 atom stereocenters. The summed E-state index contributed by atoms with van der Waals surface area (Å²) in [6, 6.07) is 9.17. The van der Waals surface area contributed by atoms with Crippen LogP contribution in [0.25, 0.3) is 0 Å². The van der Waals surface area contributed by atoms with Crippen LogP contribution in [0.1, 0.15) is 65.4 Å². The molecule has 0 bridgehead atoms. The highest BCUT2D eigenvalue weighted by atomic mass is 32.2. The highest BCUT2D eigenvalue weighted by Gasteiger charge is 2.21. The van der Waals surface area contributed by atoms with Gasteiger partial charge in [0.15, 0.2) is 0 Å². The summed E-state index contributed by atoms with van der Waals surface area (Å²) in [5.74, 6) is 0.964. The molecule has 1 aliphatic rings. The summed E-state index contributed by atoms with van der Waals surface area (Å²) in [4.78, 5) is 1.44. The molecular formula is C19H31NS. The van der Waals surface area contributed by atoms with Crippen LogP contribution in [-0.2, 0) is 6.54 Å². The largest absolute Gasteiger partial charge is 0.308 e. The van der Waals surface area contributed by atoms with E-state index in [0.29, 0.717) is 0 Å². The molecule has 118 valence electrons. The van der Waals surface area contributed by atoms with Crippen LogP contribution in [0, 0.1) is 5.92 Å². The predicted molar refractivity (Wildman–Crippen MR) is 94.9 cm³/mol. The summed E-state index contributed by atoms with van der Waals surface area (Å²) in [6.07, 6.45) is 7.03. The lowest BCUT2D eigenvalue weighted by molar-refractivity contribution is 0.357. The first-order valence-corrected chi connectivity index (χ1v) is 9.35. The average Bonchev–Trinajstić information content (AvgIpc) is 2.46. The van der Waals surface area contributed by atoms with E-state index in [-0.39, 0.29) is 5.54 Å². The summed E-state index contributed by atoms with van der Waals surface area (Å²) in [7, 11) is 0. The van der Waals surface area contributed by atoms with Crippen molar-refractivity contribution in [3.8, 4) is 0 Å². The van der Waals surface area contributed by atoms with E-state index >= 15 is 0 Å². The van der Waals surface area contributed by atoms with Gasteiger partial charge in [-0.25, -0.2) is 0 Å². The summed E-state index contributed by atoms with van der Waals surface area (Å²) in [5, 5.41) is 4.38. The van der Waals surface area contributed by atoms with Crippen LogP contribution in [0.2, 0.25) is 0 Å². The number of hydrogen-bond acceptors (Lipinski definition) is 2. The first-order valence-electron chi connectivity index (χ1n) is 8.47. The number of nitrogens with one attached hydrogen (secondary N) is 1. The van der Waals surface area contributed by atoms with E-state index in [1.807, 2.05) is 0 Å². The lowest BCUT2D eigenvalue weighted by atomic mass is 9.87. The summed E-state index contributed by atoms with van der Waals surface area (Å²) >= 11 is 2.10. The summed E-state index contributed by atoms with van der Waals surface area (Å²) in [5.41, 5.74) is 1.56. The van der Waals surface area contributed by atoms with Gasteiger partial charge in [-0.05, 0) is 57.2 Å². The van der Waals surface area contributed by atoms with Gasteiger partial charge in [0.05, 0.1) is 0 Å². The van der Waals surface area contributed by atoms with Crippen molar-refractivity contribution in [1.82, 2.24) is 5.32 Å². The van der Waals surface area contributed by atoms with Crippen LogP contribution < -0.4 is 5.32 Å². The fourth-order valence-corrected chi connectivity index (χ4v) is 4.30. The van der Waals surface area contributed by atoms with E-state index < -0.39 is 0 Å². The molecule has 1 N–H and O–H groups in total. The molecule has 0 saturated heterocycles. The number of thioether (sulfide) groups is 1. The van der Waals surface area contributed by atoms with E-state index in [4.69, 9.17) is 0 Å². The van der Waals surface area contributed by atoms with Gasteiger partial charge in [0.1, 0.15) is 0 Å². The molecule has 1 aliphatic carbocycles. The molecule has 1 aromatic carbocycles. The van der Waals surface area contributed by atoms with Gasteiger partial charge in [-0.15, -0.1) is 11.8 Å². The highest BCUT2D eigenvalue weighted by Crippen LogP contribution is 2.37. The Hall–Kier alpha value is -0.470. The van der Waals surface area contributed by atoms with Gasteiger partial charge < -0.3 is 5.32 Å². The molecule has 0 radical (unpaired) electrons. The maximum atomic E-state index is 3.55. The van der Waals surface area contributed by atoms with Crippen LogP contribution in [0.4, 0.5) is 0 Å². The van der Waals surface area contributed by atoms with E-state index in [1.165, 1.54) is 42.6 Å². The van der Waals surface area contributed by atoms with Crippen molar-refractivity contribution in [1.29, 1.82) is 0 Å². The van der Waals surface area contributed by atoms with Gasteiger partial charge >= 0.3 is 0 Å². The summed E-state index contributed by atoms with van der Waals surface area (Å²) < 4.78 is 0. The number of hydrogen-bond donors (Lipinski definition) is 1. The Bertz CT molecular complexity index is 418. The van der Waals surface area contributed by atoms with Crippen LogP contribution >= 0.6 is 11.8 Å². The Balaban J connectivity index is 1.84. The third-order valence-corrected chi connectivity index (χ3v) is 5.67. The second-order valence-corrected chi connectivity index (χ2v) is 8.80. The third-order valence-electron chi connectivity index (χ3n) is 4.36. The maximum Gasteiger partial charge on any atom is 0.0210 e. The van der Waals surface area contributed by atoms with E-state index in [1.54, 1.807) is 0 Å². The normalized spacial score (nSPS) is 23.2. The zero-order chi connectivity index (χ0) is 15.3. The SMILES string of the molecule is CCC1CCCC(Sc2ccc(CNC(C)(C)C)cc2)C1. The van der Waals surface area contributed by atoms with Crippen LogP contribution in [-0.4, -0.2) is 10.8 Å². The van der Waals surface area contributed by atoms with Gasteiger partial charge in [-0.1, -0.05) is 38.3 Å². The van der Waals surface area contributed by atoms with E-state index in [9.17, 15) is 0 Å². The van der Waals surface area contributed by atoms with Gasteiger partial charge in [-0.3, -0.25) is 0 Å². The molecule has 2 rings (SSSR count). The Morgan fingerprint density at radius 2 is 1.86 bits per heavy atom. The third kappa shape index (κ3) is 6.04. The lowest BCUT2D eigenvalue weighted by Crippen LogP contribution is -2.35. The molecule has 2 unspecified atom stereocenters. The van der Waals surface area contributed by atoms with E-state index in [0.717, 1.165) is 17.7 Å². The van der Waals surface area contributed by atoms with Gasteiger partial charge in [0, 0.05) is 22.2 Å². The molecule has 1 saturated carbocycles. The average molecular weight is 306 g/mol. The lowest BCUT2D eigenvalue weighted by Gasteiger charge is -2.28. The first kappa shape index (κ1) is 16.9. The summed E-state index contributed by atoms with van der Waals surface area (Å²) in [6.45, 7) is 9.93. The highest BCUT2D eigenvalue weighted by molar-refractivity contribution is 8.00. The van der Waals surface area contributed by atoms with Crippen molar-refractivity contribution >= 4 is 11.8 Å². The minimum absolute atomic E-state index is 0.185. The number of benzene rings is 1. The van der Waals surface area contributed by atoms with E-state index in [2.05, 4.69) is 69.0 Å². The smallest absolute Gasteiger partial charge is 0.0210 e. The van der Waals surface area contributed by atoms with Crippen LogP contribution in [0.3, 0.4) is 0 Å². The zero-order valence-corrected chi connectivity index (χ0v) is 14.9. The molecule has 0 heterocycles. The van der Waals surface area contributed by atoms with Crippen molar-refractivity contribution in [2.24, 2.45) is 5.92 Å². The molecule has 1 nitrogen and oxygen atoms in total. The molecule has 0 aromatic heterocycles. The molecule has 0 spiro atoms. The number of rotatable bonds is 5. The molecule has 0 amide bonds. The Labute approximate surface area is 135 Å². The Kier molecular flexibility index (Phi) is 6.19. The van der Waals surface area contributed by atoms with Gasteiger partial charge in [0.2, 0.25) is 0 Å². The zero-order valence-electron chi connectivity index (χ0n) is 14.1. The molecule has 2 heteroatoms. The quantitative estimate of drug-likeness (QED) is 0.756. The second kappa shape index (κ2) is 7.69. The van der Waals surface area contributed by atoms with Crippen LogP contribution in [0.5, 0.6) is 0 Å². The minimum atomic E-state index is 0.185. The standard InChI is InChI=1S/C19H31NS/c1-5-15-7-6-8-18(13-15)21-17-11-9-16(10-12-17)14-20-19(2,3)4/h9-12,15,18,20H,5-8,13-14H2,1-4H3. The molecule has 21 heavy (non-hydrogen) atoms. The molecule has 1 fully saturated rings. The first-order chi connectivity index (χ1) is 9.96. The van der Waals surface area contributed by atoms with Crippen molar-refractivity contribution in [2.75, 3.05) is 0 Å². The maximum absolute atomic E-state index is 3.55. The van der Waals surface area contributed by atoms with Gasteiger partial charge in [0.25, 0.3) is 0 Å². The molecular weight excluding hydrogens is 274 g/mol.